The van der Waals surface area contributed by atoms with E-state index in [1.165, 1.54) is 34.2 Å². The Kier molecular flexibility index (Phi) is 5.71. The van der Waals surface area contributed by atoms with Crippen molar-refractivity contribution in [3.8, 4) is 34.2 Å². The lowest BCUT2D eigenvalue weighted by Gasteiger charge is -2.41. The van der Waals surface area contributed by atoms with Gasteiger partial charge in [0.15, 0.2) is 17.5 Å². The number of aromatic nitrogens is 3. The van der Waals surface area contributed by atoms with E-state index in [2.05, 4.69) is 98.0 Å². The Hall–Kier alpha value is -4.89. The van der Waals surface area contributed by atoms with Crippen LogP contribution < -0.4 is 0 Å². The standard InChI is InChI=1S/C41H33N3/c1-26-20-22-32-30-16-8-10-18-34(30)41(36(32)24-26)35-19-11-9-17-31(35)33-23-21-29(25-37(33)41)40-43-38(27-12-4-2-5-13-27)42-39(44-40)28-14-6-3-7-15-28/h2-10,12-18,20-23,25-26,32,36H,11,19,24H2,1H3. The molecule has 4 atom stereocenters. The fourth-order valence-electron chi connectivity index (χ4n) is 8.58. The second-order valence-electron chi connectivity index (χ2n) is 12.8. The van der Waals surface area contributed by atoms with E-state index >= 15 is 0 Å². The van der Waals surface area contributed by atoms with Gasteiger partial charge in [-0.2, -0.15) is 0 Å². The lowest BCUT2D eigenvalue weighted by Crippen LogP contribution is -2.36. The van der Waals surface area contributed by atoms with Crippen LogP contribution in [0.5, 0.6) is 0 Å². The maximum Gasteiger partial charge on any atom is 0.164 e. The molecule has 0 amide bonds. The Labute approximate surface area is 258 Å². The van der Waals surface area contributed by atoms with E-state index in [4.69, 9.17) is 15.0 Å². The molecule has 1 aromatic heterocycles. The number of nitrogens with zero attached hydrogens (tertiary/aromatic N) is 3. The van der Waals surface area contributed by atoms with Crippen molar-refractivity contribution in [3.63, 3.8) is 0 Å². The van der Waals surface area contributed by atoms with E-state index in [-0.39, 0.29) is 5.41 Å². The van der Waals surface area contributed by atoms with Crippen LogP contribution in [0.1, 0.15) is 54.4 Å². The summed E-state index contributed by atoms with van der Waals surface area (Å²) in [5.41, 5.74) is 11.7. The zero-order valence-electron chi connectivity index (χ0n) is 24.8. The molecule has 212 valence electrons. The van der Waals surface area contributed by atoms with Crippen molar-refractivity contribution >= 4 is 5.57 Å². The highest BCUT2D eigenvalue weighted by molar-refractivity contribution is 5.91. The molecule has 3 heteroatoms. The summed E-state index contributed by atoms with van der Waals surface area (Å²) in [5.74, 6) is 3.60. The molecule has 4 aliphatic rings. The first kappa shape index (κ1) is 25.6. The molecule has 4 unspecified atom stereocenters. The highest BCUT2D eigenvalue weighted by Gasteiger charge is 2.58. The van der Waals surface area contributed by atoms with Crippen molar-refractivity contribution in [2.24, 2.45) is 11.8 Å². The van der Waals surface area contributed by atoms with Crippen LogP contribution in [-0.2, 0) is 5.41 Å². The Bertz CT molecular complexity index is 1960. The summed E-state index contributed by atoms with van der Waals surface area (Å²) in [4.78, 5) is 15.2. The van der Waals surface area contributed by atoms with Crippen LogP contribution in [0.3, 0.4) is 0 Å². The first-order valence-corrected chi connectivity index (χ1v) is 15.9. The molecule has 0 N–H and O–H groups in total. The minimum atomic E-state index is -0.136. The molecule has 1 spiro atoms. The van der Waals surface area contributed by atoms with E-state index in [1.807, 2.05) is 36.4 Å². The average Bonchev–Trinajstić information content (AvgIpc) is 3.55. The average molecular weight is 568 g/mol. The molecule has 4 aliphatic carbocycles. The zero-order chi connectivity index (χ0) is 29.3. The van der Waals surface area contributed by atoms with Gasteiger partial charge in [-0.05, 0) is 70.6 Å². The van der Waals surface area contributed by atoms with Crippen molar-refractivity contribution < 1.29 is 0 Å². The lowest BCUT2D eigenvalue weighted by molar-refractivity contribution is 0.305. The third-order valence-electron chi connectivity index (χ3n) is 10.3. The van der Waals surface area contributed by atoms with Crippen LogP contribution in [0.2, 0.25) is 0 Å². The Morgan fingerprint density at radius 2 is 1.32 bits per heavy atom. The Morgan fingerprint density at radius 1 is 0.659 bits per heavy atom. The first-order valence-electron chi connectivity index (χ1n) is 15.9. The molecule has 3 nitrogen and oxygen atoms in total. The van der Waals surface area contributed by atoms with Gasteiger partial charge in [0.25, 0.3) is 0 Å². The van der Waals surface area contributed by atoms with Crippen molar-refractivity contribution in [1.29, 1.82) is 0 Å². The van der Waals surface area contributed by atoms with E-state index in [0.717, 1.165) is 35.4 Å². The molecule has 0 saturated heterocycles. The molecule has 0 aliphatic heterocycles. The summed E-state index contributed by atoms with van der Waals surface area (Å²) < 4.78 is 0. The maximum absolute atomic E-state index is 5.11. The highest BCUT2D eigenvalue weighted by atomic mass is 15.0. The summed E-state index contributed by atoms with van der Waals surface area (Å²) in [7, 11) is 0. The monoisotopic (exact) mass is 567 g/mol. The highest BCUT2D eigenvalue weighted by Crippen LogP contribution is 2.67. The van der Waals surface area contributed by atoms with Crippen LogP contribution in [0, 0.1) is 11.8 Å². The molecule has 0 radical (unpaired) electrons. The van der Waals surface area contributed by atoms with Gasteiger partial charge in [-0.15, -0.1) is 0 Å². The van der Waals surface area contributed by atoms with Gasteiger partial charge < -0.3 is 0 Å². The topological polar surface area (TPSA) is 38.7 Å². The minimum absolute atomic E-state index is 0.136. The zero-order valence-corrected chi connectivity index (χ0v) is 24.8. The van der Waals surface area contributed by atoms with Crippen LogP contribution in [0.15, 0.2) is 133 Å². The molecule has 5 aromatic rings. The summed E-state index contributed by atoms with van der Waals surface area (Å²) in [6.45, 7) is 2.38. The normalized spacial score (nSPS) is 24.2. The number of allylic oxidation sites excluding steroid dienone is 6. The third-order valence-corrected chi connectivity index (χ3v) is 10.3. The van der Waals surface area contributed by atoms with Crippen molar-refractivity contribution in [2.75, 3.05) is 0 Å². The van der Waals surface area contributed by atoms with E-state index in [9.17, 15) is 0 Å². The van der Waals surface area contributed by atoms with Crippen LogP contribution in [-0.4, -0.2) is 15.0 Å². The number of hydrogen-bond acceptors (Lipinski definition) is 3. The van der Waals surface area contributed by atoms with Crippen molar-refractivity contribution in [3.05, 3.63) is 155 Å². The molecule has 9 rings (SSSR count). The lowest BCUT2D eigenvalue weighted by atomic mass is 9.61. The van der Waals surface area contributed by atoms with Gasteiger partial charge in [0, 0.05) is 28.0 Å². The van der Waals surface area contributed by atoms with E-state index in [0.29, 0.717) is 29.4 Å². The number of benzene rings is 4. The maximum atomic E-state index is 5.11. The molecule has 1 heterocycles. The van der Waals surface area contributed by atoms with Crippen LogP contribution >= 0.6 is 0 Å². The van der Waals surface area contributed by atoms with Crippen LogP contribution in [0.25, 0.3) is 39.7 Å². The second kappa shape index (κ2) is 9.82. The van der Waals surface area contributed by atoms with Gasteiger partial charge in [0.1, 0.15) is 0 Å². The molecule has 0 saturated carbocycles. The SMILES string of the molecule is CC1C=CC2c3ccccc3C3(C4=C(C=CCC4)c4ccc(-c5nc(-c6ccccc6)nc(-c6ccccc6)n5)cc43)C2C1. The molecule has 4 aromatic carbocycles. The van der Waals surface area contributed by atoms with Crippen molar-refractivity contribution in [1.82, 2.24) is 15.0 Å². The van der Waals surface area contributed by atoms with Gasteiger partial charge in [-0.3, -0.25) is 0 Å². The summed E-state index contributed by atoms with van der Waals surface area (Å²) in [6, 6.07) is 36.8. The third kappa shape index (κ3) is 3.65. The quantitative estimate of drug-likeness (QED) is 0.204. The number of rotatable bonds is 3. The van der Waals surface area contributed by atoms with Gasteiger partial charge in [0.05, 0.1) is 0 Å². The fraction of sp³-hybridized carbons (Fsp3) is 0.195. The van der Waals surface area contributed by atoms with Crippen molar-refractivity contribution in [2.45, 2.75) is 37.5 Å². The van der Waals surface area contributed by atoms with E-state index < -0.39 is 0 Å². The van der Waals surface area contributed by atoms with Gasteiger partial charge in [-0.1, -0.05) is 128 Å². The molecule has 0 bridgehead atoms. The van der Waals surface area contributed by atoms with Crippen LogP contribution in [0.4, 0.5) is 0 Å². The first-order chi connectivity index (χ1) is 21.7. The Balaban J connectivity index is 1.29. The number of fused-ring (bicyclic) bond motifs is 9. The molecule has 44 heavy (non-hydrogen) atoms. The van der Waals surface area contributed by atoms with Gasteiger partial charge in [0.2, 0.25) is 0 Å². The smallest absolute Gasteiger partial charge is 0.164 e. The fourth-order valence-corrected chi connectivity index (χ4v) is 8.58. The van der Waals surface area contributed by atoms with E-state index in [1.54, 1.807) is 5.57 Å². The summed E-state index contributed by atoms with van der Waals surface area (Å²) >= 11 is 0. The Morgan fingerprint density at radius 3 is 2.05 bits per heavy atom. The summed E-state index contributed by atoms with van der Waals surface area (Å²) in [5, 5.41) is 0. The second-order valence-corrected chi connectivity index (χ2v) is 12.8. The number of hydrogen-bond donors (Lipinski definition) is 0. The minimum Gasteiger partial charge on any atom is -0.208 e. The summed E-state index contributed by atoms with van der Waals surface area (Å²) in [6.07, 6.45) is 13.1. The predicted octanol–water partition coefficient (Wildman–Crippen LogP) is 9.59. The molecule has 0 fully saturated rings. The van der Waals surface area contributed by atoms with Gasteiger partial charge >= 0.3 is 0 Å². The molecular weight excluding hydrogens is 534 g/mol. The molecular formula is C41H33N3. The predicted molar refractivity (Wildman–Crippen MR) is 178 cm³/mol. The largest absolute Gasteiger partial charge is 0.208 e. The van der Waals surface area contributed by atoms with Gasteiger partial charge in [-0.25, -0.2) is 15.0 Å².